The molecule has 13 heavy (non-hydrogen) atoms. The van der Waals surface area contributed by atoms with Crippen LogP contribution in [-0.4, -0.2) is 20.1 Å². The number of nitrogens with one attached hydrogen (secondary N) is 2. The first-order chi connectivity index (χ1) is 6.34. The molecule has 1 aromatic heterocycles. The van der Waals surface area contributed by atoms with E-state index in [0.717, 1.165) is 13.1 Å². The molecule has 0 aliphatic heterocycles. The van der Waals surface area contributed by atoms with E-state index in [4.69, 9.17) is 0 Å². The van der Waals surface area contributed by atoms with Crippen LogP contribution < -0.4 is 10.6 Å². The second kappa shape index (κ2) is 6.00. The van der Waals surface area contributed by atoms with Gasteiger partial charge in [-0.3, -0.25) is 0 Å². The Morgan fingerprint density at radius 2 is 2.08 bits per heavy atom. The average Bonchev–Trinajstić information content (AvgIpc) is 2.52. The average molecular weight is 198 g/mol. The molecule has 0 aliphatic carbocycles. The number of aryl methyl sites for hydroxylation is 1. The van der Waals surface area contributed by atoms with Crippen molar-refractivity contribution in [3.05, 3.63) is 17.0 Å². The molecule has 3 heteroatoms. The van der Waals surface area contributed by atoms with Crippen LogP contribution >= 0.6 is 11.3 Å². The smallest absolute Gasteiger partial charge is 0.0912 e. The van der Waals surface area contributed by atoms with Crippen molar-refractivity contribution >= 4 is 16.3 Å². The van der Waals surface area contributed by atoms with Gasteiger partial charge in [0.1, 0.15) is 0 Å². The fourth-order valence-corrected chi connectivity index (χ4v) is 2.03. The SMILES string of the molecule is CNCCCCNc1sccc1C. The molecule has 1 aromatic rings. The van der Waals surface area contributed by atoms with Crippen LogP contribution in [0.4, 0.5) is 5.00 Å². The third-order valence-electron chi connectivity index (χ3n) is 2.00. The van der Waals surface area contributed by atoms with Gasteiger partial charge in [0.25, 0.3) is 0 Å². The van der Waals surface area contributed by atoms with E-state index >= 15 is 0 Å². The predicted molar refractivity (Wildman–Crippen MR) is 60.7 cm³/mol. The van der Waals surface area contributed by atoms with Gasteiger partial charge in [0.15, 0.2) is 0 Å². The first kappa shape index (κ1) is 10.5. The van der Waals surface area contributed by atoms with E-state index in [2.05, 4.69) is 29.0 Å². The van der Waals surface area contributed by atoms with Crippen molar-refractivity contribution in [1.29, 1.82) is 0 Å². The molecule has 0 atom stereocenters. The molecule has 0 amide bonds. The summed E-state index contributed by atoms with van der Waals surface area (Å²) in [5.41, 5.74) is 1.36. The Labute approximate surface area is 84.4 Å². The Balaban J connectivity index is 2.10. The lowest BCUT2D eigenvalue weighted by molar-refractivity contribution is 0.695. The van der Waals surface area contributed by atoms with Crippen LogP contribution in [0.15, 0.2) is 11.4 Å². The zero-order chi connectivity index (χ0) is 9.52. The molecule has 2 nitrogen and oxygen atoms in total. The van der Waals surface area contributed by atoms with Gasteiger partial charge >= 0.3 is 0 Å². The van der Waals surface area contributed by atoms with Gasteiger partial charge in [0.05, 0.1) is 5.00 Å². The highest BCUT2D eigenvalue weighted by Gasteiger charge is 1.96. The molecule has 0 unspecified atom stereocenters. The summed E-state index contributed by atoms with van der Waals surface area (Å²) in [5, 5.41) is 10.0. The molecule has 0 aromatic carbocycles. The van der Waals surface area contributed by atoms with Gasteiger partial charge in [-0.15, -0.1) is 11.3 Å². The number of hydrogen-bond acceptors (Lipinski definition) is 3. The van der Waals surface area contributed by atoms with E-state index in [0.29, 0.717) is 0 Å². The van der Waals surface area contributed by atoms with Crippen molar-refractivity contribution in [1.82, 2.24) is 5.32 Å². The van der Waals surface area contributed by atoms with E-state index in [1.807, 2.05) is 7.05 Å². The van der Waals surface area contributed by atoms with E-state index in [-0.39, 0.29) is 0 Å². The number of unbranched alkanes of at least 4 members (excludes halogenated alkanes) is 1. The van der Waals surface area contributed by atoms with Gasteiger partial charge in [-0.25, -0.2) is 0 Å². The highest BCUT2D eigenvalue weighted by molar-refractivity contribution is 7.14. The molecular formula is C10H18N2S. The Morgan fingerprint density at radius 1 is 1.31 bits per heavy atom. The van der Waals surface area contributed by atoms with Crippen LogP contribution in [0, 0.1) is 6.92 Å². The summed E-state index contributed by atoms with van der Waals surface area (Å²) in [5.74, 6) is 0. The number of anilines is 1. The van der Waals surface area contributed by atoms with Crippen molar-refractivity contribution in [3.63, 3.8) is 0 Å². The summed E-state index contributed by atoms with van der Waals surface area (Å²) in [7, 11) is 2.00. The van der Waals surface area contributed by atoms with Crippen LogP contribution in [0.3, 0.4) is 0 Å². The second-order valence-electron chi connectivity index (χ2n) is 3.17. The van der Waals surface area contributed by atoms with Crippen LogP contribution in [0.1, 0.15) is 18.4 Å². The van der Waals surface area contributed by atoms with Gasteiger partial charge < -0.3 is 10.6 Å². The third kappa shape index (κ3) is 3.79. The van der Waals surface area contributed by atoms with Crippen molar-refractivity contribution in [3.8, 4) is 0 Å². The minimum atomic E-state index is 1.09. The van der Waals surface area contributed by atoms with Crippen molar-refractivity contribution < 1.29 is 0 Å². The maximum Gasteiger partial charge on any atom is 0.0912 e. The molecule has 1 rings (SSSR count). The molecular weight excluding hydrogens is 180 g/mol. The summed E-state index contributed by atoms with van der Waals surface area (Å²) < 4.78 is 0. The zero-order valence-electron chi connectivity index (χ0n) is 8.39. The van der Waals surface area contributed by atoms with Crippen LogP contribution in [0.2, 0.25) is 0 Å². The quantitative estimate of drug-likeness (QED) is 0.686. The van der Waals surface area contributed by atoms with Crippen LogP contribution in [0.5, 0.6) is 0 Å². The summed E-state index contributed by atoms with van der Waals surface area (Å²) in [6, 6.07) is 2.15. The molecule has 0 fully saturated rings. The Kier molecular flexibility index (Phi) is 4.86. The fourth-order valence-electron chi connectivity index (χ4n) is 1.18. The standard InChI is InChI=1S/C10H18N2S/c1-9-5-8-13-10(9)12-7-4-3-6-11-2/h5,8,11-12H,3-4,6-7H2,1-2H3. The first-order valence-corrected chi connectivity index (χ1v) is 5.65. The fraction of sp³-hybridized carbons (Fsp3) is 0.600. The number of hydrogen-bond donors (Lipinski definition) is 2. The molecule has 2 N–H and O–H groups in total. The Hall–Kier alpha value is -0.540. The molecule has 0 spiro atoms. The van der Waals surface area contributed by atoms with Gasteiger partial charge in [0.2, 0.25) is 0 Å². The molecule has 74 valence electrons. The largest absolute Gasteiger partial charge is 0.377 e. The van der Waals surface area contributed by atoms with E-state index in [1.54, 1.807) is 11.3 Å². The molecule has 0 radical (unpaired) electrons. The lowest BCUT2D eigenvalue weighted by atomic mass is 10.3. The lowest BCUT2D eigenvalue weighted by Crippen LogP contribution is -2.09. The summed E-state index contributed by atoms with van der Waals surface area (Å²) in [4.78, 5) is 0. The highest BCUT2D eigenvalue weighted by Crippen LogP contribution is 2.21. The molecule has 0 bridgehead atoms. The molecule has 0 aliphatic rings. The van der Waals surface area contributed by atoms with Gasteiger partial charge in [-0.1, -0.05) is 0 Å². The first-order valence-electron chi connectivity index (χ1n) is 4.77. The van der Waals surface area contributed by atoms with E-state index in [9.17, 15) is 0 Å². The van der Waals surface area contributed by atoms with Crippen LogP contribution in [-0.2, 0) is 0 Å². The monoisotopic (exact) mass is 198 g/mol. The van der Waals surface area contributed by atoms with E-state index in [1.165, 1.54) is 23.4 Å². The maximum absolute atomic E-state index is 3.44. The topological polar surface area (TPSA) is 24.1 Å². The Morgan fingerprint density at radius 3 is 2.69 bits per heavy atom. The predicted octanol–water partition coefficient (Wildman–Crippen LogP) is 2.47. The number of rotatable bonds is 6. The van der Waals surface area contributed by atoms with E-state index < -0.39 is 0 Å². The minimum Gasteiger partial charge on any atom is -0.377 e. The lowest BCUT2D eigenvalue weighted by Gasteiger charge is -2.04. The maximum atomic E-state index is 3.44. The summed E-state index contributed by atoms with van der Waals surface area (Å²) in [6.45, 7) is 4.35. The molecule has 1 heterocycles. The minimum absolute atomic E-state index is 1.09. The molecule has 0 saturated carbocycles. The zero-order valence-corrected chi connectivity index (χ0v) is 9.21. The highest BCUT2D eigenvalue weighted by atomic mass is 32.1. The normalized spacial score (nSPS) is 10.3. The summed E-state index contributed by atoms with van der Waals surface area (Å²) >= 11 is 1.79. The van der Waals surface area contributed by atoms with Gasteiger partial charge in [-0.2, -0.15) is 0 Å². The van der Waals surface area contributed by atoms with Crippen molar-refractivity contribution in [2.75, 3.05) is 25.5 Å². The molecule has 0 saturated heterocycles. The second-order valence-corrected chi connectivity index (χ2v) is 4.09. The Bertz CT molecular complexity index is 233. The van der Waals surface area contributed by atoms with Crippen LogP contribution in [0.25, 0.3) is 0 Å². The third-order valence-corrected chi connectivity index (χ3v) is 2.98. The van der Waals surface area contributed by atoms with Gasteiger partial charge in [-0.05, 0) is 50.4 Å². The van der Waals surface area contributed by atoms with Crippen molar-refractivity contribution in [2.45, 2.75) is 19.8 Å². The number of thiophene rings is 1. The van der Waals surface area contributed by atoms with Gasteiger partial charge in [0, 0.05) is 6.54 Å². The summed E-state index contributed by atoms with van der Waals surface area (Å²) in [6.07, 6.45) is 2.48. The van der Waals surface area contributed by atoms with Crippen molar-refractivity contribution in [2.24, 2.45) is 0 Å².